The number of nitrogens with zero attached hydrogens (tertiary/aromatic N) is 2. The molecule has 2 N–H and O–H groups in total. The van der Waals surface area contributed by atoms with Gasteiger partial charge in [0.25, 0.3) is 0 Å². The second kappa shape index (κ2) is 6.86. The summed E-state index contributed by atoms with van der Waals surface area (Å²) in [6, 6.07) is 9.95. The number of rotatable bonds is 5. The van der Waals surface area contributed by atoms with Gasteiger partial charge in [-0.15, -0.1) is 0 Å². The average molecular weight is 343 g/mol. The lowest BCUT2D eigenvalue weighted by atomic mass is 9.83. The minimum atomic E-state index is -0.458. The maximum absolute atomic E-state index is 12.6. The van der Waals surface area contributed by atoms with Crippen molar-refractivity contribution in [2.24, 2.45) is 5.73 Å². The Morgan fingerprint density at radius 2 is 1.96 bits per heavy atom. The third-order valence-corrected chi connectivity index (χ3v) is 5.59. The molecule has 0 unspecified atom stereocenters. The predicted octanol–water partition coefficient (Wildman–Crippen LogP) is 1.43. The molecule has 0 aliphatic carbocycles. The van der Waals surface area contributed by atoms with Gasteiger partial charge in [-0.2, -0.15) is 0 Å². The van der Waals surface area contributed by atoms with Crippen LogP contribution in [0.2, 0.25) is 0 Å². The Hall–Kier alpha value is -2.37. The van der Waals surface area contributed by atoms with E-state index in [2.05, 4.69) is 6.92 Å². The average Bonchev–Trinajstić information content (AvgIpc) is 2.94. The van der Waals surface area contributed by atoms with Crippen molar-refractivity contribution in [3.8, 4) is 0 Å². The Morgan fingerprint density at radius 1 is 1.24 bits per heavy atom. The van der Waals surface area contributed by atoms with Crippen LogP contribution >= 0.6 is 0 Å². The summed E-state index contributed by atoms with van der Waals surface area (Å²) < 4.78 is 0. The molecule has 2 heterocycles. The van der Waals surface area contributed by atoms with Crippen molar-refractivity contribution in [3.63, 3.8) is 0 Å². The fourth-order valence-corrected chi connectivity index (χ4v) is 4.17. The monoisotopic (exact) mass is 343 g/mol. The first kappa shape index (κ1) is 17.5. The second-order valence-electron chi connectivity index (χ2n) is 7.18. The molecule has 0 aromatic heterocycles. The quantitative estimate of drug-likeness (QED) is 0.878. The predicted molar refractivity (Wildman–Crippen MR) is 93.2 cm³/mol. The molecule has 0 spiro atoms. The van der Waals surface area contributed by atoms with Crippen molar-refractivity contribution in [2.45, 2.75) is 57.2 Å². The first-order chi connectivity index (χ1) is 11.9. The molecule has 0 radical (unpaired) electrons. The highest BCUT2D eigenvalue weighted by atomic mass is 16.2. The van der Waals surface area contributed by atoms with E-state index in [1.165, 1.54) is 0 Å². The molecule has 0 bridgehead atoms. The van der Waals surface area contributed by atoms with E-state index in [1.807, 2.05) is 40.1 Å². The molecule has 6 heteroatoms. The smallest absolute Gasteiger partial charge is 0.223 e. The number of primary amides is 1. The largest absolute Gasteiger partial charge is 0.370 e. The van der Waals surface area contributed by atoms with Crippen LogP contribution in [0.25, 0.3) is 0 Å². The van der Waals surface area contributed by atoms with E-state index in [1.54, 1.807) is 0 Å². The molecule has 3 rings (SSSR count). The third-order valence-electron chi connectivity index (χ3n) is 5.59. The number of nitrogens with two attached hydrogens (primary N) is 1. The van der Waals surface area contributed by atoms with Crippen molar-refractivity contribution >= 4 is 17.7 Å². The highest BCUT2D eigenvalue weighted by molar-refractivity contribution is 5.84. The molecule has 1 aromatic carbocycles. The molecular weight excluding hydrogens is 318 g/mol. The zero-order valence-electron chi connectivity index (χ0n) is 14.6. The summed E-state index contributed by atoms with van der Waals surface area (Å²) in [5.74, 6) is -0.351. The first-order valence-electron chi connectivity index (χ1n) is 8.84. The number of fused-ring (bicyclic) bond motifs is 1. The summed E-state index contributed by atoms with van der Waals surface area (Å²) in [4.78, 5) is 39.9. The first-order valence-corrected chi connectivity index (χ1v) is 8.84. The van der Waals surface area contributed by atoms with Gasteiger partial charge in [-0.1, -0.05) is 30.3 Å². The molecule has 2 saturated heterocycles. The molecular formula is C19H25N3O3. The summed E-state index contributed by atoms with van der Waals surface area (Å²) in [6.45, 7) is 3.27. The molecule has 0 saturated carbocycles. The number of carbonyl (C=O) groups excluding carboxylic acids is 3. The minimum Gasteiger partial charge on any atom is -0.370 e. The fourth-order valence-electron chi connectivity index (χ4n) is 4.17. The number of carbonyl (C=O) groups is 3. The fraction of sp³-hybridized carbons (Fsp3) is 0.526. The summed E-state index contributed by atoms with van der Waals surface area (Å²) in [5, 5.41) is 0. The van der Waals surface area contributed by atoms with E-state index in [4.69, 9.17) is 5.73 Å². The normalized spacial score (nSPS) is 25.8. The van der Waals surface area contributed by atoms with Crippen LogP contribution in [0.5, 0.6) is 0 Å². The van der Waals surface area contributed by atoms with Gasteiger partial charge in [0.05, 0.1) is 11.6 Å². The molecule has 2 aliphatic heterocycles. The molecule has 1 aromatic rings. The van der Waals surface area contributed by atoms with Crippen LogP contribution in [-0.2, 0) is 20.9 Å². The van der Waals surface area contributed by atoms with Gasteiger partial charge >= 0.3 is 0 Å². The summed E-state index contributed by atoms with van der Waals surface area (Å²) in [6.07, 6.45) is 2.12. The number of piperidine rings is 1. The van der Waals surface area contributed by atoms with Crippen molar-refractivity contribution in [1.82, 2.24) is 9.80 Å². The van der Waals surface area contributed by atoms with E-state index in [0.29, 0.717) is 25.9 Å². The standard InChI is InChI=1S/C19H25N3O3/c1-19-11-12-21(17(24)10-8-16(20)23)15(19)7-9-18(25)22(19)13-14-5-3-2-4-6-14/h2-6,15H,7-13H2,1H3,(H2,20,23)/t15-,19-/m0/s1. The third kappa shape index (κ3) is 3.38. The molecule has 2 atom stereocenters. The molecule has 6 nitrogen and oxygen atoms in total. The lowest BCUT2D eigenvalue weighted by Gasteiger charge is -2.47. The Kier molecular flexibility index (Phi) is 4.79. The van der Waals surface area contributed by atoms with Gasteiger partial charge < -0.3 is 15.5 Å². The van der Waals surface area contributed by atoms with Crippen LogP contribution in [0.4, 0.5) is 0 Å². The zero-order valence-corrected chi connectivity index (χ0v) is 14.6. The van der Waals surface area contributed by atoms with Crippen molar-refractivity contribution in [2.75, 3.05) is 6.54 Å². The SMILES string of the molecule is C[C@]12CCN(C(=O)CCC(N)=O)[C@H]1CCC(=O)N2Cc1ccccc1. The van der Waals surface area contributed by atoms with Gasteiger partial charge in [0.2, 0.25) is 17.7 Å². The summed E-state index contributed by atoms with van der Waals surface area (Å²) >= 11 is 0. The molecule has 2 aliphatic rings. The summed E-state index contributed by atoms with van der Waals surface area (Å²) in [5.41, 5.74) is 5.90. The number of likely N-dealkylation sites (tertiary alicyclic amines) is 2. The van der Waals surface area contributed by atoms with Gasteiger partial charge in [-0.3, -0.25) is 14.4 Å². The van der Waals surface area contributed by atoms with Gasteiger partial charge in [0, 0.05) is 32.4 Å². The van der Waals surface area contributed by atoms with Crippen LogP contribution in [0.15, 0.2) is 30.3 Å². The lowest BCUT2D eigenvalue weighted by Crippen LogP contribution is -2.60. The van der Waals surface area contributed by atoms with E-state index in [0.717, 1.165) is 12.0 Å². The molecule has 2 fully saturated rings. The van der Waals surface area contributed by atoms with Crippen LogP contribution in [0.1, 0.15) is 44.6 Å². The van der Waals surface area contributed by atoms with E-state index in [-0.39, 0.29) is 36.2 Å². The van der Waals surface area contributed by atoms with E-state index in [9.17, 15) is 14.4 Å². The maximum atomic E-state index is 12.6. The topological polar surface area (TPSA) is 83.7 Å². The molecule has 3 amide bonds. The zero-order chi connectivity index (χ0) is 18.0. The van der Waals surface area contributed by atoms with Crippen LogP contribution in [0, 0.1) is 0 Å². The maximum Gasteiger partial charge on any atom is 0.223 e. The Labute approximate surface area is 148 Å². The molecule has 25 heavy (non-hydrogen) atoms. The van der Waals surface area contributed by atoms with Gasteiger partial charge in [-0.25, -0.2) is 0 Å². The highest BCUT2D eigenvalue weighted by Crippen LogP contribution is 2.41. The van der Waals surface area contributed by atoms with Crippen LogP contribution in [-0.4, -0.2) is 45.6 Å². The van der Waals surface area contributed by atoms with Crippen molar-refractivity contribution in [3.05, 3.63) is 35.9 Å². The Bertz CT molecular complexity index is 676. The Balaban J connectivity index is 1.77. The Morgan fingerprint density at radius 3 is 2.64 bits per heavy atom. The van der Waals surface area contributed by atoms with E-state index >= 15 is 0 Å². The second-order valence-corrected chi connectivity index (χ2v) is 7.18. The van der Waals surface area contributed by atoms with Crippen LogP contribution < -0.4 is 5.73 Å². The van der Waals surface area contributed by atoms with Crippen molar-refractivity contribution in [1.29, 1.82) is 0 Å². The van der Waals surface area contributed by atoms with E-state index < -0.39 is 5.91 Å². The number of benzene rings is 1. The van der Waals surface area contributed by atoms with Gasteiger partial charge in [-0.05, 0) is 25.3 Å². The van der Waals surface area contributed by atoms with Gasteiger partial charge in [0.15, 0.2) is 0 Å². The molecule has 134 valence electrons. The highest BCUT2D eigenvalue weighted by Gasteiger charge is 2.53. The van der Waals surface area contributed by atoms with Crippen molar-refractivity contribution < 1.29 is 14.4 Å². The lowest BCUT2D eigenvalue weighted by molar-refractivity contribution is -0.148. The number of hydrogen-bond acceptors (Lipinski definition) is 3. The number of hydrogen-bond donors (Lipinski definition) is 1. The summed E-state index contributed by atoms with van der Waals surface area (Å²) in [7, 11) is 0. The number of amides is 3. The van der Waals surface area contributed by atoms with Gasteiger partial charge in [0.1, 0.15) is 0 Å². The minimum absolute atomic E-state index is 0.00860. The van der Waals surface area contributed by atoms with Crippen LogP contribution in [0.3, 0.4) is 0 Å².